The highest BCUT2D eigenvalue weighted by Gasteiger charge is 2.16. The fraction of sp³-hybridized carbons (Fsp3) is 0.0455. The van der Waals surface area contributed by atoms with Gasteiger partial charge in [0, 0.05) is 11.4 Å². The van der Waals surface area contributed by atoms with Crippen molar-refractivity contribution in [3.63, 3.8) is 0 Å². The molecule has 32 heavy (non-hydrogen) atoms. The molecule has 0 aliphatic carbocycles. The maximum atomic E-state index is 12.4. The number of nitrogens with one attached hydrogen (secondary N) is 2. The van der Waals surface area contributed by atoms with Crippen molar-refractivity contribution >= 4 is 44.9 Å². The zero-order valence-corrected chi connectivity index (χ0v) is 18.0. The zero-order chi connectivity index (χ0) is 23.1. The number of carbonyl (C=O) groups excluding carboxylic acids is 2. The van der Waals surface area contributed by atoms with Crippen LogP contribution in [0.3, 0.4) is 0 Å². The van der Waals surface area contributed by atoms with Gasteiger partial charge in [0.2, 0.25) is 0 Å². The molecule has 0 radical (unpaired) electrons. The minimum absolute atomic E-state index is 0.0625. The molecule has 0 fully saturated rings. The summed E-state index contributed by atoms with van der Waals surface area (Å²) in [6.45, 7) is -0.573. The molecule has 0 bridgehead atoms. The molecule has 0 saturated heterocycles. The third-order valence-electron chi connectivity index (χ3n) is 4.11. The summed E-state index contributed by atoms with van der Waals surface area (Å²) >= 11 is 5.91. The lowest BCUT2D eigenvalue weighted by molar-refractivity contribution is -0.119. The number of benzene rings is 3. The van der Waals surface area contributed by atoms with E-state index in [1.807, 2.05) is 6.07 Å². The summed E-state index contributed by atoms with van der Waals surface area (Å²) in [5.41, 5.74) is 0.832. The van der Waals surface area contributed by atoms with Gasteiger partial charge in [-0.05, 0) is 48.5 Å². The molecule has 0 unspecified atom stereocenters. The average molecular weight is 470 g/mol. The second-order valence-corrected chi connectivity index (χ2v) is 8.52. The van der Waals surface area contributed by atoms with Crippen molar-refractivity contribution in [1.82, 2.24) is 0 Å². The van der Waals surface area contributed by atoms with Crippen LogP contribution in [0.1, 0.15) is 15.9 Å². The van der Waals surface area contributed by atoms with Crippen LogP contribution in [0.25, 0.3) is 0 Å². The Morgan fingerprint density at radius 2 is 1.72 bits per heavy atom. The third kappa shape index (κ3) is 5.85. The van der Waals surface area contributed by atoms with Gasteiger partial charge in [0.15, 0.2) is 6.61 Å². The highest BCUT2D eigenvalue weighted by Crippen LogP contribution is 2.20. The maximum Gasteiger partial charge on any atom is 0.338 e. The number of carbonyl (C=O) groups is 2. The molecule has 0 saturated carbocycles. The molecule has 0 atom stereocenters. The van der Waals surface area contributed by atoms with Gasteiger partial charge < -0.3 is 10.1 Å². The lowest BCUT2D eigenvalue weighted by atomic mass is 10.2. The minimum Gasteiger partial charge on any atom is -0.452 e. The van der Waals surface area contributed by atoms with E-state index in [1.165, 1.54) is 54.6 Å². The molecule has 162 valence electrons. The number of nitriles is 1. The lowest BCUT2D eigenvalue weighted by Gasteiger charge is -2.10. The van der Waals surface area contributed by atoms with Crippen LogP contribution in [-0.2, 0) is 19.6 Å². The summed E-state index contributed by atoms with van der Waals surface area (Å²) in [5.74, 6) is -1.42. The van der Waals surface area contributed by atoms with Crippen LogP contribution >= 0.6 is 11.6 Å². The summed E-state index contributed by atoms with van der Waals surface area (Å²) in [4.78, 5) is 24.4. The van der Waals surface area contributed by atoms with E-state index in [0.29, 0.717) is 5.69 Å². The molecule has 8 nitrogen and oxygen atoms in total. The Bertz CT molecular complexity index is 1300. The molecular formula is C22H16ClN3O5S. The van der Waals surface area contributed by atoms with E-state index in [4.69, 9.17) is 21.6 Å². The van der Waals surface area contributed by atoms with E-state index in [9.17, 15) is 18.0 Å². The first-order chi connectivity index (χ1) is 15.3. The van der Waals surface area contributed by atoms with E-state index in [0.717, 1.165) is 0 Å². The van der Waals surface area contributed by atoms with E-state index >= 15 is 0 Å². The molecule has 3 aromatic carbocycles. The fourth-order valence-corrected chi connectivity index (χ4v) is 3.91. The minimum atomic E-state index is -3.82. The number of nitrogens with zero attached hydrogens (tertiary/aromatic N) is 1. The first-order valence-electron chi connectivity index (χ1n) is 9.13. The molecule has 2 N–H and O–H groups in total. The molecule has 1 amide bonds. The van der Waals surface area contributed by atoms with Gasteiger partial charge in [-0.25, -0.2) is 13.2 Å². The molecule has 3 aromatic rings. The van der Waals surface area contributed by atoms with E-state index in [2.05, 4.69) is 10.0 Å². The van der Waals surface area contributed by atoms with Crippen molar-refractivity contribution in [3.8, 4) is 6.07 Å². The Labute approximate surface area is 189 Å². The Balaban J connectivity index is 1.60. The number of halogens is 1. The third-order valence-corrected chi connectivity index (χ3v) is 5.82. The number of amides is 1. The maximum absolute atomic E-state index is 12.4. The molecule has 0 aliphatic rings. The molecule has 0 aromatic heterocycles. The number of ether oxygens (including phenoxy) is 1. The van der Waals surface area contributed by atoms with Gasteiger partial charge in [-0.1, -0.05) is 35.9 Å². The SMILES string of the molecule is N#Cc1ccc(NC(=O)COC(=O)c2cccc(NS(=O)(=O)c3ccccc3)c2)cc1Cl. The summed E-state index contributed by atoms with van der Waals surface area (Å²) in [5, 5.41) is 11.5. The summed E-state index contributed by atoms with van der Waals surface area (Å²) in [6, 6.07) is 19.7. The number of hydrogen-bond donors (Lipinski definition) is 2. The summed E-state index contributed by atoms with van der Waals surface area (Å²) < 4.78 is 32.2. The first-order valence-corrected chi connectivity index (χ1v) is 11.0. The van der Waals surface area contributed by atoms with Gasteiger partial charge in [0.25, 0.3) is 15.9 Å². The van der Waals surface area contributed by atoms with E-state index < -0.39 is 28.5 Å². The van der Waals surface area contributed by atoms with Gasteiger partial charge in [-0.2, -0.15) is 5.26 Å². The Morgan fingerprint density at radius 3 is 2.41 bits per heavy atom. The van der Waals surface area contributed by atoms with Crippen molar-refractivity contribution in [2.45, 2.75) is 4.90 Å². The number of sulfonamides is 1. The van der Waals surface area contributed by atoms with E-state index in [-0.39, 0.29) is 26.7 Å². The molecule has 0 spiro atoms. The van der Waals surface area contributed by atoms with Crippen molar-refractivity contribution in [2.75, 3.05) is 16.6 Å². The van der Waals surface area contributed by atoms with Crippen molar-refractivity contribution in [3.05, 3.63) is 88.9 Å². The van der Waals surface area contributed by atoms with Gasteiger partial charge in [-0.15, -0.1) is 0 Å². The quantitative estimate of drug-likeness (QED) is 0.507. The Morgan fingerprint density at radius 1 is 0.969 bits per heavy atom. The zero-order valence-electron chi connectivity index (χ0n) is 16.4. The largest absolute Gasteiger partial charge is 0.452 e. The van der Waals surface area contributed by atoms with Gasteiger partial charge in [-0.3, -0.25) is 9.52 Å². The predicted molar refractivity (Wildman–Crippen MR) is 119 cm³/mol. The number of esters is 1. The Kier molecular flexibility index (Phi) is 7.10. The van der Waals surface area contributed by atoms with Crippen molar-refractivity contribution in [1.29, 1.82) is 5.26 Å². The van der Waals surface area contributed by atoms with Crippen LogP contribution in [0.2, 0.25) is 5.02 Å². The first kappa shape index (κ1) is 22.8. The molecule has 3 rings (SSSR count). The van der Waals surface area contributed by atoms with Crippen LogP contribution in [-0.4, -0.2) is 26.9 Å². The lowest BCUT2D eigenvalue weighted by Crippen LogP contribution is -2.21. The van der Waals surface area contributed by atoms with Crippen LogP contribution in [0.5, 0.6) is 0 Å². The van der Waals surface area contributed by atoms with E-state index in [1.54, 1.807) is 18.2 Å². The smallest absolute Gasteiger partial charge is 0.338 e. The molecule has 10 heteroatoms. The molecule has 0 aliphatic heterocycles. The van der Waals surface area contributed by atoms with Crippen LogP contribution in [0, 0.1) is 11.3 Å². The standard InChI is InChI=1S/C22H16ClN3O5S/c23-20-12-17(10-9-16(20)13-24)25-21(27)14-31-22(28)15-5-4-6-18(11-15)26-32(29,30)19-7-2-1-3-8-19/h1-12,26H,14H2,(H,25,27). The predicted octanol–water partition coefficient (Wildman–Crippen LogP) is 3.81. The van der Waals surface area contributed by atoms with Crippen LogP contribution in [0.4, 0.5) is 11.4 Å². The van der Waals surface area contributed by atoms with Crippen molar-refractivity contribution < 1.29 is 22.7 Å². The number of rotatable bonds is 7. The fourth-order valence-electron chi connectivity index (χ4n) is 2.62. The summed E-state index contributed by atoms with van der Waals surface area (Å²) in [6.07, 6.45) is 0. The highest BCUT2D eigenvalue weighted by atomic mass is 35.5. The normalized spacial score (nSPS) is 10.6. The van der Waals surface area contributed by atoms with Crippen molar-refractivity contribution in [2.24, 2.45) is 0 Å². The Hall–Kier alpha value is -3.87. The van der Waals surface area contributed by atoms with Gasteiger partial charge in [0.05, 0.1) is 21.0 Å². The molecule has 0 heterocycles. The van der Waals surface area contributed by atoms with Crippen LogP contribution < -0.4 is 10.0 Å². The topological polar surface area (TPSA) is 125 Å². The average Bonchev–Trinajstić information content (AvgIpc) is 2.78. The second-order valence-electron chi connectivity index (χ2n) is 6.43. The highest BCUT2D eigenvalue weighted by molar-refractivity contribution is 7.92. The van der Waals surface area contributed by atoms with Gasteiger partial charge in [0.1, 0.15) is 6.07 Å². The molecular weight excluding hydrogens is 454 g/mol. The number of anilines is 2. The second kappa shape index (κ2) is 9.96. The van der Waals surface area contributed by atoms with Crippen LogP contribution in [0.15, 0.2) is 77.7 Å². The van der Waals surface area contributed by atoms with Gasteiger partial charge >= 0.3 is 5.97 Å². The number of hydrogen-bond acceptors (Lipinski definition) is 6. The monoisotopic (exact) mass is 469 g/mol. The summed E-state index contributed by atoms with van der Waals surface area (Å²) in [7, 11) is -3.82.